The Morgan fingerprint density at radius 3 is 2.59 bits per heavy atom. The third-order valence-electron chi connectivity index (χ3n) is 2.98. The molecule has 0 saturated carbocycles. The molecule has 0 radical (unpaired) electrons. The van der Waals surface area contributed by atoms with Crippen LogP contribution in [-0.2, 0) is 10.8 Å². The van der Waals surface area contributed by atoms with Gasteiger partial charge in [0.15, 0.2) is 0 Å². The van der Waals surface area contributed by atoms with Crippen LogP contribution in [0.3, 0.4) is 0 Å². The quantitative estimate of drug-likeness (QED) is 0.807. The number of benzene rings is 1. The number of aliphatic hydroxyl groups excluding tert-OH is 1. The van der Waals surface area contributed by atoms with Gasteiger partial charge in [0.05, 0.1) is 10.8 Å². The molecule has 0 aliphatic rings. The Labute approximate surface area is 106 Å². The number of hydrogen-bond acceptors (Lipinski definition) is 3. The standard InChI is InChI=1S/C13H21NO2S/c1-10-4-5-13(8-11(10)2)17(16)9-12(14-3)6-7-15/h4-5,8,12,14-15H,6-7,9H2,1-3H3. The average molecular weight is 255 g/mol. The Hall–Kier alpha value is -0.710. The molecule has 0 spiro atoms. The molecule has 1 aromatic carbocycles. The third kappa shape index (κ3) is 4.22. The van der Waals surface area contributed by atoms with Crippen LogP contribution in [-0.4, -0.2) is 34.8 Å². The van der Waals surface area contributed by atoms with Gasteiger partial charge in [0.1, 0.15) is 0 Å². The number of aryl methyl sites for hydroxylation is 2. The molecular formula is C13H21NO2S. The van der Waals surface area contributed by atoms with Gasteiger partial charge in [-0.1, -0.05) is 6.07 Å². The second-order valence-corrected chi connectivity index (χ2v) is 5.75. The van der Waals surface area contributed by atoms with Crippen molar-refractivity contribution in [2.45, 2.75) is 31.2 Å². The van der Waals surface area contributed by atoms with Crippen LogP contribution in [0.4, 0.5) is 0 Å². The average Bonchev–Trinajstić information content (AvgIpc) is 2.31. The van der Waals surface area contributed by atoms with E-state index in [1.54, 1.807) is 0 Å². The Morgan fingerprint density at radius 1 is 1.35 bits per heavy atom. The first kappa shape index (κ1) is 14.4. The van der Waals surface area contributed by atoms with Crippen LogP contribution in [0.5, 0.6) is 0 Å². The topological polar surface area (TPSA) is 49.3 Å². The molecular weight excluding hydrogens is 234 g/mol. The van der Waals surface area contributed by atoms with Gasteiger partial charge in [0.2, 0.25) is 0 Å². The van der Waals surface area contributed by atoms with Gasteiger partial charge in [-0.05, 0) is 50.6 Å². The van der Waals surface area contributed by atoms with Crippen molar-refractivity contribution in [2.75, 3.05) is 19.4 Å². The fourth-order valence-electron chi connectivity index (χ4n) is 1.60. The summed E-state index contributed by atoms with van der Waals surface area (Å²) >= 11 is 0. The minimum absolute atomic E-state index is 0.0995. The molecule has 2 unspecified atom stereocenters. The summed E-state index contributed by atoms with van der Waals surface area (Å²) in [6.07, 6.45) is 0.632. The molecule has 4 heteroatoms. The van der Waals surface area contributed by atoms with Crippen molar-refractivity contribution in [2.24, 2.45) is 0 Å². The molecule has 2 atom stereocenters. The van der Waals surface area contributed by atoms with Gasteiger partial charge in [-0.3, -0.25) is 4.21 Å². The van der Waals surface area contributed by atoms with Gasteiger partial charge < -0.3 is 10.4 Å². The predicted octanol–water partition coefficient (Wildman–Crippen LogP) is 1.38. The highest BCUT2D eigenvalue weighted by Gasteiger charge is 2.12. The van der Waals surface area contributed by atoms with Gasteiger partial charge in [-0.25, -0.2) is 0 Å². The van der Waals surface area contributed by atoms with Crippen LogP contribution in [0.1, 0.15) is 17.5 Å². The zero-order chi connectivity index (χ0) is 12.8. The summed E-state index contributed by atoms with van der Waals surface area (Å²) < 4.78 is 12.1. The maximum atomic E-state index is 12.1. The Balaban J connectivity index is 2.72. The fraction of sp³-hybridized carbons (Fsp3) is 0.538. The fourth-order valence-corrected chi connectivity index (χ4v) is 3.02. The molecule has 0 bridgehead atoms. The number of nitrogens with one attached hydrogen (secondary N) is 1. The first-order valence-electron chi connectivity index (χ1n) is 5.82. The molecule has 0 aromatic heterocycles. The number of aliphatic hydroxyl groups is 1. The number of hydrogen-bond donors (Lipinski definition) is 2. The van der Waals surface area contributed by atoms with Gasteiger partial charge >= 0.3 is 0 Å². The molecule has 1 aromatic rings. The molecule has 0 heterocycles. The second-order valence-electron chi connectivity index (χ2n) is 4.26. The third-order valence-corrected chi connectivity index (χ3v) is 4.46. The first-order chi connectivity index (χ1) is 8.08. The van der Waals surface area contributed by atoms with Crippen molar-refractivity contribution in [1.29, 1.82) is 0 Å². The maximum Gasteiger partial charge on any atom is 0.0545 e. The van der Waals surface area contributed by atoms with Crippen molar-refractivity contribution in [3.05, 3.63) is 29.3 Å². The molecule has 0 saturated heterocycles. The molecule has 0 aliphatic heterocycles. The van der Waals surface area contributed by atoms with E-state index in [1.807, 2.05) is 39.1 Å². The summed E-state index contributed by atoms with van der Waals surface area (Å²) in [6.45, 7) is 4.19. The van der Waals surface area contributed by atoms with E-state index < -0.39 is 10.8 Å². The van der Waals surface area contributed by atoms with Crippen molar-refractivity contribution in [3.63, 3.8) is 0 Å². The monoisotopic (exact) mass is 255 g/mol. The highest BCUT2D eigenvalue weighted by atomic mass is 32.2. The van der Waals surface area contributed by atoms with E-state index in [9.17, 15) is 4.21 Å². The van der Waals surface area contributed by atoms with Crippen LogP contribution in [0.15, 0.2) is 23.1 Å². The molecule has 96 valence electrons. The van der Waals surface area contributed by atoms with E-state index in [0.717, 1.165) is 4.90 Å². The zero-order valence-corrected chi connectivity index (χ0v) is 11.5. The maximum absolute atomic E-state index is 12.1. The first-order valence-corrected chi connectivity index (χ1v) is 7.14. The lowest BCUT2D eigenvalue weighted by Crippen LogP contribution is -2.32. The SMILES string of the molecule is CNC(CCO)CS(=O)c1ccc(C)c(C)c1. The largest absolute Gasteiger partial charge is 0.396 e. The normalized spacial score (nSPS) is 14.6. The van der Waals surface area contributed by atoms with Crippen LogP contribution in [0, 0.1) is 13.8 Å². The lowest BCUT2D eigenvalue weighted by Gasteiger charge is -2.14. The summed E-state index contributed by atoms with van der Waals surface area (Å²) in [7, 11) is 0.824. The lowest BCUT2D eigenvalue weighted by atomic mass is 10.1. The van der Waals surface area contributed by atoms with Crippen LogP contribution in [0.25, 0.3) is 0 Å². The predicted molar refractivity (Wildman–Crippen MR) is 71.7 cm³/mol. The molecule has 0 fully saturated rings. The Morgan fingerprint density at radius 2 is 2.06 bits per heavy atom. The zero-order valence-electron chi connectivity index (χ0n) is 10.7. The van der Waals surface area contributed by atoms with E-state index in [2.05, 4.69) is 5.32 Å². The van der Waals surface area contributed by atoms with E-state index in [1.165, 1.54) is 11.1 Å². The van der Waals surface area contributed by atoms with Crippen LogP contribution < -0.4 is 5.32 Å². The van der Waals surface area contributed by atoms with E-state index in [-0.39, 0.29) is 12.6 Å². The molecule has 2 N–H and O–H groups in total. The molecule has 3 nitrogen and oxygen atoms in total. The van der Waals surface area contributed by atoms with Crippen LogP contribution in [0.2, 0.25) is 0 Å². The van der Waals surface area contributed by atoms with E-state index in [4.69, 9.17) is 5.11 Å². The smallest absolute Gasteiger partial charge is 0.0545 e. The second kappa shape index (κ2) is 6.89. The highest BCUT2D eigenvalue weighted by molar-refractivity contribution is 7.85. The van der Waals surface area contributed by atoms with Gasteiger partial charge in [-0.2, -0.15) is 0 Å². The summed E-state index contributed by atoms with van der Waals surface area (Å²) in [5.41, 5.74) is 2.38. The summed E-state index contributed by atoms with van der Waals surface area (Å²) in [5.74, 6) is 0.541. The highest BCUT2D eigenvalue weighted by Crippen LogP contribution is 2.14. The Kier molecular flexibility index (Phi) is 5.82. The minimum atomic E-state index is -1.01. The Bertz CT molecular complexity index is 393. The summed E-state index contributed by atoms with van der Waals surface area (Å²) in [6, 6.07) is 6.01. The molecule has 0 amide bonds. The van der Waals surface area contributed by atoms with Crippen molar-refractivity contribution < 1.29 is 9.32 Å². The lowest BCUT2D eigenvalue weighted by molar-refractivity contribution is 0.272. The van der Waals surface area contributed by atoms with E-state index in [0.29, 0.717) is 12.2 Å². The molecule has 1 rings (SSSR count). The van der Waals surface area contributed by atoms with Gasteiger partial charge in [0, 0.05) is 23.3 Å². The summed E-state index contributed by atoms with van der Waals surface area (Å²) in [5, 5.41) is 12.0. The van der Waals surface area contributed by atoms with Crippen LogP contribution >= 0.6 is 0 Å². The van der Waals surface area contributed by atoms with Crippen molar-refractivity contribution in [1.82, 2.24) is 5.32 Å². The number of rotatable bonds is 6. The van der Waals surface area contributed by atoms with Gasteiger partial charge in [0.25, 0.3) is 0 Å². The summed E-state index contributed by atoms with van der Waals surface area (Å²) in [4.78, 5) is 0.867. The van der Waals surface area contributed by atoms with Crippen molar-refractivity contribution >= 4 is 10.8 Å². The minimum Gasteiger partial charge on any atom is -0.396 e. The van der Waals surface area contributed by atoms with Gasteiger partial charge in [-0.15, -0.1) is 0 Å². The molecule has 17 heavy (non-hydrogen) atoms. The molecule has 0 aliphatic carbocycles. The van der Waals surface area contributed by atoms with Crippen molar-refractivity contribution in [3.8, 4) is 0 Å². The van der Waals surface area contributed by atoms with E-state index >= 15 is 0 Å².